The van der Waals surface area contributed by atoms with Gasteiger partial charge in [-0.2, -0.15) is 0 Å². The van der Waals surface area contributed by atoms with E-state index in [0.29, 0.717) is 26.4 Å². The fraction of sp³-hybridized carbons (Fsp3) is 0.929. The highest BCUT2D eigenvalue weighted by molar-refractivity contribution is 5.84. The summed E-state index contributed by atoms with van der Waals surface area (Å²) in [5.74, 6) is 0.231. The van der Waals surface area contributed by atoms with Crippen LogP contribution in [0.1, 0.15) is 39.5 Å². The van der Waals surface area contributed by atoms with E-state index in [4.69, 9.17) is 9.47 Å². The molecule has 0 aliphatic carbocycles. The third-order valence-corrected chi connectivity index (χ3v) is 3.87. The average Bonchev–Trinajstić information content (AvgIpc) is 2.74. The van der Waals surface area contributed by atoms with Crippen molar-refractivity contribution in [3.63, 3.8) is 0 Å². The van der Waals surface area contributed by atoms with Crippen LogP contribution in [0.4, 0.5) is 0 Å². The normalized spacial score (nSPS) is 32.0. The summed E-state index contributed by atoms with van der Waals surface area (Å²) in [5.41, 5.74) is 0. The Bertz CT molecular complexity index is 292. The summed E-state index contributed by atoms with van der Waals surface area (Å²) in [4.78, 5) is 14.4. The molecule has 0 saturated carbocycles. The lowest BCUT2D eigenvalue weighted by Crippen LogP contribution is -2.45. The molecule has 0 spiro atoms. The number of carbonyl (C=O) groups is 1. The van der Waals surface area contributed by atoms with Gasteiger partial charge in [0.1, 0.15) is 0 Å². The monoisotopic (exact) mass is 270 g/mol. The molecule has 2 aliphatic heterocycles. The van der Waals surface area contributed by atoms with Gasteiger partial charge < -0.3 is 14.4 Å². The molecule has 5 nitrogen and oxygen atoms in total. The highest BCUT2D eigenvalue weighted by Crippen LogP contribution is 2.19. The smallest absolute Gasteiger partial charge is 0.241 e. The van der Waals surface area contributed by atoms with E-state index in [1.807, 2.05) is 4.90 Å². The molecule has 2 fully saturated rings. The molecule has 0 radical (unpaired) electrons. The second-order valence-electron chi connectivity index (χ2n) is 5.34. The molecule has 2 heterocycles. The molecule has 0 bridgehead atoms. The molecular formula is C14H26N2O3. The minimum atomic E-state index is -0.00518. The number of hydrogen-bond donors (Lipinski definition) is 1. The number of nitrogens with zero attached hydrogens (tertiary/aromatic N) is 1. The summed E-state index contributed by atoms with van der Waals surface area (Å²) in [5, 5.41) is 3.44. The van der Waals surface area contributed by atoms with Crippen LogP contribution >= 0.6 is 0 Å². The highest BCUT2D eigenvalue weighted by atomic mass is 16.6. The number of ether oxygens (including phenoxy) is 2. The molecule has 2 aliphatic rings. The Labute approximate surface area is 115 Å². The van der Waals surface area contributed by atoms with Crippen LogP contribution in [-0.4, -0.2) is 55.5 Å². The van der Waals surface area contributed by atoms with Crippen molar-refractivity contribution in [2.75, 3.05) is 26.4 Å². The Morgan fingerprint density at radius 2 is 2.21 bits per heavy atom. The first-order valence-corrected chi connectivity index (χ1v) is 7.52. The van der Waals surface area contributed by atoms with Gasteiger partial charge in [-0.3, -0.25) is 10.1 Å². The quantitative estimate of drug-likeness (QED) is 0.786. The van der Waals surface area contributed by atoms with E-state index >= 15 is 0 Å². The van der Waals surface area contributed by atoms with Gasteiger partial charge in [-0.25, -0.2) is 0 Å². The maximum absolute atomic E-state index is 12.4. The maximum atomic E-state index is 12.4. The largest absolute Gasteiger partial charge is 0.376 e. The van der Waals surface area contributed by atoms with Crippen molar-refractivity contribution in [1.82, 2.24) is 10.2 Å². The van der Waals surface area contributed by atoms with Crippen LogP contribution in [0, 0.1) is 0 Å². The third-order valence-electron chi connectivity index (χ3n) is 3.87. The molecule has 19 heavy (non-hydrogen) atoms. The molecule has 110 valence electrons. The highest BCUT2D eigenvalue weighted by Gasteiger charge is 2.38. The predicted octanol–water partition coefficient (Wildman–Crippen LogP) is 1.13. The van der Waals surface area contributed by atoms with Gasteiger partial charge in [-0.05, 0) is 12.8 Å². The van der Waals surface area contributed by atoms with Crippen LogP contribution in [0.3, 0.4) is 0 Å². The number of rotatable bonds is 6. The summed E-state index contributed by atoms with van der Waals surface area (Å²) >= 11 is 0. The van der Waals surface area contributed by atoms with Gasteiger partial charge in [0, 0.05) is 0 Å². The fourth-order valence-electron chi connectivity index (χ4n) is 2.78. The van der Waals surface area contributed by atoms with Crippen LogP contribution in [0.25, 0.3) is 0 Å². The predicted molar refractivity (Wildman–Crippen MR) is 72.8 cm³/mol. The van der Waals surface area contributed by atoms with E-state index < -0.39 is 0 Å². The Hall–Kier alpha value is -0.650. The fourth-order valence-corrected chi connectivity index (χ4v) is 2.78. The SMILES string of the molecule is CCCCC1NC(CC)N(CC2COCCO2)C1=O. The zero-order chi connectivity index (χ0) is 13.7. The molecule has 2 rings (SSSR count). The summed E-state index contributed by atoms with van der Waals surface area (Å²) in [7, 11) is 0. The summed E-state index contributed by atoms with van der Waals surface area (Å²) in [6.07, 6.45) is 4.27. The van der Waals surface area contributed by atoms with Crippen LogP contribution in [-0.2, 0) is 14.3 Å². The molecule has 0 aromatic carbocycles. The van der Waals surface area contributed by atoms with Crippen molar-refractivity contribution >= 4 is 5.91 Å². The third kappa shape index (κ3) is 3.68. The van der Waals surface area contributed by atoms with E-state index in [-0.39, 0.29) is 24.2 Å². The molecule has 1 N–H and O–H groups in total. The molecule has 0 aromatic rings. The van der Waals surface area contributed by atoms with E-state index in [0.717, 1.165) is 25.7 Å². The van der Waals surface area contributed by atoms with E-state index in [1.54, 1.807) is 0 Å². The first kappa shape index (κ1) is 14.8. The molecular weight excluding hydrogens is 244 g/mol. The van der Waals surface area contributed by atoms with E-state index in [2.05, 4.69) is 19.2 Å². The minimum Gasteiger partial charge on any atom is -0.376 e. The number of carbonyl (C=O) groups excluding carboxylic acids is 1. The Morgan fingerprint density at radius 3 is 2.84 bits per heavy atom. The van der Waals surface area contributed by atoms with Crippen molar-refractivity contribution in [2.24, 2.45) is 0 Å². The van der Waals surface area contributed by atoms with Gasteiger partial charge in [-0.1, -0.05) is 26.7 Å². The van der Waals surface area contributed by atoms with Gasteiger partial charge in [0.2, 0.25) is 5.91 Å². The van der Waals surface area contributed by atoms with Gasteiger partial charge in [0.15, 0.2) is 0 Å². The van der Waals surface area contributed by atoms with Crippen LogP contribution in [0.15, 0.2) is 0 Å². The van der Waals surface area contributed by atoms with Crippen molar-refractivity contribution < 1.29 is 14.3 Å². The topological polar surface area (TPSA) is 50.8 Å². The Morgan fingerprint density at radius 1 is 1.37 bits per heavy atom. The summed E-state index contributed by atoms with van der Waals surface area (Å²) in [6, 6.07) is -0.00518. The molecule has 1 amide bonds. The van der Waals surface area contributed by atoms with Gasteiger partial charge in [0.05, 0.1) is 44.7 Å². The number of amides is 1. The van der Waals surface area contributed by atoms with Crippen molar-refractivity contribution in [3.8, 4) is 0 Å². The van der Waals surface area contributed by atoms with Crippen LogP contribution in [0.5, 0.6) is 0 Å². The molecule has 3 atom stereocenters. The number of hydrogen-bond acceptors (Lipinski definition) is 4. The Balaban J connectivity index is 1.91. The van der Waals surface area contributed by atoms with E-state index in [9.17, 15) is 4.79 Å². The number of nitrogens with one attached hydrogen (secondary N) is 1. The lowest BCUT2D eigenvalue weighted by Gasteiger charge is -2.30. The standard InChI is InChI=1S/C14H26N2O3/c1-3-5-6-12-14(17)16(13(4-2)15-12)9-11-10-18-7-8-19-11/h11-13,15H,3-10H2,1-2H3. The number of unbranched alkanes of at least 4 members (excludes halogenated alkanes) is 1. The molecule has 2 saturated heterocycles. The molecule has 5 heteroatoms. The summed E-state index contributed by atoms with van der Waals surface area (Å²) < 4.78 is 11.1. The minimum absolute atomic E-state index is 0.00518. The second-order valence-corrected chi connectivity index (χ2v) is 5.34. The van der Waals surface area contributed by atoms with E-state index in [1.165, 1.54) is 0 Å². The van der Waals surface area contributed by atoms with Crippen molar-refractivity contribution in [2.45, 2.75) is 57.8 Å². The van der Waals surface area contributed by atoms with Gasteiger partial charge in [0.25, 0.3) is 0 Å². The second kappa shape index (κ2) is 7.22. The zero-order valence-corrected chi connectivity index (χ0v) is 12.1. The van der Waals surface area contributed by atoms with Crippen LogP contribution < -0.4 is 5.32 Å². The Kier molecular flexibility index (Phi) is 5.60. The van der Waals surface area contributed by atoms with Crippen molar-refractivity contribution in [1.29, 1.82) is 0 Å². The first-order chi connectivity index (χ1) is 9.26. The van der Waals surface area contributed by atoms with Gasteiger partial charge >= 0.3 is 0 Å². The first-order valence-electron chi connectivity index (χ1n) is 7.52. The average molecular weight is 270 g/mol. The molecule has 3 unspecified atom stereocenters. The van der Waals surface area contributed by atoms with Crippen molar-refractivity contribution in [3.05, 3.63) is 0 Å². The molecule has 0 aromatic heterocycles. The maximum Gasteiger partial charge on any atom is 0.241 e. The lowest BCUT2D eigenvalue weighted by atomic mass is 10.1. The van der Waals surface area contributed by atoms with Gasteiger partial charge in [-0.15, -0.1) is 0 Å². The lowest BCUT2D eigenvalue weighted by molar-refractivity contribution is -0.137. The zero-order valence-electron chi connectivity index (χ0n) is 12.1. The summed E-state index contributed by atoms with van der Waals surface area (Å²) in [6.45, 7) is 6.81. The van der Waals surface area contributed by atoms with Crippen LogP contribution in [0.2, 0.25) is 0 Å².